The summed E-state index contributed by atoms with van der Waals surface area (Å²) >= 11 is 0. The van der Waals surface area contributed by atoms with Gasteiger partial charge in [-0.25, -0.2) is 31.1 Å². The van der Waals surface area contributed by atoms with Crippen LogP contribution in [0.25, 0.3) is 0 Å². The highest BCUT2D eigenvalue weighted by atomic mass is 19.2. The Labute approximate surface area is 292 Å². The Kier molecular flexibility index (Phi) is 18.4. The number of ether oxygens (including phenoxy) is 6. The molecule has 1 atom stereocenters. The molecule has 0 radical (unpaired) electrons. The summed E-state index contributed by atoms with van der Waals surface area (Å²) in [5.41, 5.74) is -3.39. The van der Waals surface area contributed by atoms with Gasteiger partial charge in [0.15, 0.2) is 0 Å². The minimum Gasteiger partial charge on any atom is -0.465 e. The van der Waals surface area contributed by atoms with E-state index in [4.69, 9.17) is 6.11 Å². The van der Waals surface area contributed by atoms with Gasteiger partial charge in [0.2, 0.25) is 69.7 Å². The van der Waals surface area contributed by atoms with Crippen molar-refractivity contribution in [3.05, 3.63) is 58.2 Å². The van der Waals surface area contributed by atoms with Crippen LogP contribution in [-0.2, 0) is 33.3 Å². The number of carbonyl (C=O) groups excluding carboxylic acids is 4. The third-order valence-corrected chi connectivity index (χ3v) is 5.79. The number of hydrogen-bond acceptors (Lipinski definition) is 10. The molecule has 0 aromatic heterocycles. The van der Waals surface area contributed by atoms with Crippen molar-refractivity contribution in [2.75, 3.05) is 33.5 Å². The van der Waals surface area contributed by atoms with E-state index in [1.54, 1.807) is 0 Å². The minimum atomic E-state index is -2.38. The first-order chi connectivity index (χ1) is 24.5. The monoisotopic (exact) mass is 772 g/mol. The Balaban J connectivity index is 0.000000869. The van der Waals surface area contributed by atoms with E-state index < -0.39 is 131 Å². The number of rotatable bonds is 8. The number of halogens is 10. The highest BCUT2D eigenvalue weighted by Crippen LogP contribution is 2.33. The number of carbonyl (C=O) groups is 4. The van der Waals surface area contributed by atoms with Crippen LogP contribution in [0.1, 0.15) is 62.7 Å². The van der Waals surface area contributed by atoms with Gasteiger partial charge in [-0.15, -0.1) is 0 Å². The molecule has 294 valence electrons. The quantitative estimate of drug-likeness (QED) is 0.0864. The summed E-state index contributed by atoms with van der Waals surface area (Å²) in [6.07, 6.45) is 1.17. The maximum absolute atomic E-state index is 13.5. The molecule has 0 amide bonds. The van der Waals surface area contributed by atoms with Crippen molar-refractivity contribution < 1.29 is 92.9 Å². The van der Waals surface area contributed by atoms with Gasteiger partial charge in [0.1, 0.15) is 30.7 Å². The average molecular weight is 773 g/mol. The lowest BCUT2D eigenvalue weighted by molar-refractivity contribution is -0.159. The van der Waals surface area contributed by atoms with Gasteiger partial charge >= 0.3 is 24.1 Å². The Morgan fingerprint density at radius 3 is 1.38 bits per heavy atom. The standard InChI is InChI=1S/C14H13F5O5.C12H7F5O5.2C3H8/c1-6(20)23-5-14(2,4-22-3)13(21)24-12-10(18)8(16)7(15)9(17)11(12)19;1-12(2-20-11(19)21-3-12)10(18)22-9-7(16)5(14)4(13)6(15)8(9)17;2*1-3-2/h4-5H2,1-3H3;2-3H2,1H3;2*3H2,1-2H3/i;;1T;. The summed E-state index contributed by atoms with van der Waals surface area (Å²) in [4.78, 5) is 45.5. The molecule has 1 unspecified atom stereocenters. The molecule has 52 heavy (non-hydrogen) atoms. The van der Waals surface area contributed by atoms with Crippen LogP contribution in [0.3, 0.4) is 0 Å². The minimum absolute atomic E-state index is 0.408. The van der Waals surface area contributed by atoms with E-state index in [-0.39, 0.29) is 0 Å². The molecule has 10 nitrogen and oxygen atoms in total. The second-order valence-electron chi connectivity index (χ2n) is 10.9. The first kappa shape index (κ1) is 45.4. The summed E-state index contributed by atoms with van der Waals surface area (Å²) in [5, 5.41) is 0. The van der Waals surface area contributed by atoms with Crippen molar-refractivity contribution in [2.24, 2.45) is 10.8 Å². The van der Waals surface area contributed by atoms with Crippen LogP contribution in [-0.4, -0.2) is 57.6 Å². The number of benzene rings is 2. The van der Waals surface area contributed by atoms with Crippen molar-refractivity contribution >= 4 is 24.1 Å². The highest BCUT2D eigenvalue weighted by molar-refractivity contribution is 5.81. The van der Waals surface area contributed by atoms with Gasteiger partial charge in [0.05, 0.1) is 6.61 Å². The average Bonchev–Trinajstić information content (AvgIpc) is 3.12. The normalized spacial score (nSPS) is 14.2. The van der Waals surface area contributed by atoms with Crippen molar-refractivity contribution in [3.8, 4) is 11.5 Å². The smallest absolute Gasteiger partial charge is 0.465 e. The first-order valence-corrected chi connectivity index (χ1v) is 14.7. The molecule has 2 aromatic carbocycles. The Morgan fingerprint density at radius 1 is 0.712 bits per heavy atom. The van der Waals surface area contributed by atoms with Crippen molar-refractivity contribution in [2.45, 2.75) is 61.3 Å². The highest BCUT2D eigenvalue weighted by Gasteiger charge is 2.44. The maximum atomic E-state index is 13.5. The van der Waals surface area contributed by atoms with Gasteiger partial charge in [-0.05, 0) is 13.8 Å². The number of methoxy groups -OCH3 is 1. The number of esters is 3. The van der Waals surface area contributed by atoms with Gasteiger partial charge in [0.25, 0.3) is 0 Å². The van der Waals surface area contributed by atoms with Crippen LogP contribution in [0, 0.1) is 69.0 Å². The SMILES string of the molecule is CC1(C(=O)Oc2c(F)c(F)c(F)c(F)c2F)COC(=O)OC1.CCC.COCC(C)(COC(C)=O)C(=O)Oc1c(F)c(F)c(F)c(F)c1F.[3H]CCC. The van der Waals surface area contributed by atoms with E-state index in [9.17, 15) is 63.1 Å². The molecule has 1 fully saturated rings. The van der Waals surface area contributed by atoms with Crippen LogP contribution in [0.2, 0.25) is 0 Å². The van der Waals surface area contributed by atoms with Gasteiger partial charge < -0.3 is 28.4 Å². The van der Waals surface area contributed by atoms with E-state index in [1.165, 1.54) is 13.5 Å². The molecule has 0 N–H and O–H groups in total. The van der Waals surface area contributed by atoms with Crippen LogP contribution >= 0.6 is 0 Å². The summed E-state index contributed by atoms with van der Waals surface area (Å²) in [5.74, 6) is -30.0. The van der Waals surface area contributed by atoms with Gasteiger partial charge in [-0.3, -0.25) is 14.4 Å². The summed E-state index contributed by atoms with van der Waals surface area (Å²) in [6, 6.07) is 0. The lowest BCUT2D eigenvalue weighted by atomic mass is 9.92. The van der Waals surface area contributed by atoms with E-state index in [1.807, 2.05) is 6.92 Å². The van der Waals surface area contributed by atoms with E-state index >= 15 is 0 Å². The molecule has 0 aliphatic carbocycles. The molecule has 0 spiro atoms. The van der Waals surface area contributed by atoms with E-state index in [0.29, 0.717) is 6.90 Å². The second-order valence-corrected chi connectivity index (χ2v) is 10.9. The number of hydrogen-bond donors (Lipinski definition) is 0. The zero-order valence-electron chi connectivity index (χ0n) is 29.8. The van der Waals surface area contributed by atoms with E-state index in [0.717, 1.165) is 27.2 Å². The summed E-state index contributed by atoms with van der Waals surface area (Å²) < 4.78 is 165. The molecule has 20 heteroatoms. The van der Waals surface area contributed by atoms with Crippen molar-refractivity contribution in [1.29, 1.82) is 0 Å². The Hall–Kier alpha value is -4.62. The third-order valence-electron chi connectivity index (χ3n) is 5.79. The molecule has 1 aliphatic heterocycles. The molecule has 1 aliphatic rings. The predicted octanol–water partition coefficient (Wildman–Crippen LogP) is 7.80. The Bertz CT molecular complexity index is 1540. The summed E-state index contributed by atoms with van der Waals surface area (Å²) in [7, 11) is 1.18. The van der Waals surface area contributed by atoms with Crippen molar-refractivity contribution in [1.82, 2.24) is 0 Å². The zero-order chi connectivity index (χ0) is 41.4. The van der Waals surface area contributed by atoms with Crippen LogP contribution < -0.4 is 9.47 Å². The first-order valence-electron chi connectivity index (χ1n) is 15.4. The molecule has 2 aromatic rings. The van der Waals surface area contributed by atoms with Crippen LogP contribution in [0.4, 0.5) is 48.7 Å². The molecular weight excluding hydrogens is 734 g/mol. The number of cyclic esters (lactones) is 2. The fourth-order valence-corrected chi connectivity index (χ4v) is 3.16. The van der Waals surface area contributed by atoms with Crippen molar-refractivity contribution in [3.63, 3.8) is 0 Å². The molecule has 3 rings (SSSR count). The zero-order valence-corrected chi connectivity index (χ0v) is 28.8. The molecule has 0 bridgehead atoms. The molecular formula is C32H36F10O10. The fraction of sp³-hybridized carbons (Fsp3) is 0.500. The second kappa shape index (κ2) is 21.0. The lowest BCUT2D eigenvalue weighted by Gasteiger charge is -2.29. The van der Waals surface area contributed by atoms with Gasteiger partial charge in [0, 0.05) is 15.4 Å². The maximum Gasteiger partial charge on any atom is 0.508 e. The van der Waals surface area contributed by atoms with Crippen LogP contribution in [0.15, 0.2) is 0 Å². The van der Waals surface area contributed by atoms with Crippen LogP contribution in [0.5, 0.6) is 11.5 Å². The molecule has 1 heterocycles. The topological polar surface area (TPSA) is 124 Å². The fourth-order valence-electron chi connectivity index (χ4n) is 3.16. The molecule has 1 saturated heterocycles. The largest absolute Gasteiger partial charge is 0.508 e. The van der Waals surface area contributed by atoms with Gasteiger partial charge in [-0.1, -0.05) is 40.5 Å². The van der Waals surface area contributed by atoms with E-state index in [2.05, 4.69) is 37.5 Å². The predicted molar refractivity (Wildman–Crippen MR) is 158 cm³/mol. The Morgan fingerprint density at radius 2 is 1.06 bits per heavy atom. The third kappa shape index (κ3) is 12.3. The lowest BCUT2D eigenvalue weighted by Crippen LogP contribution is -2.45. The van der Waals surface area contributed by atoms with Gasteiger partial charge in [-0.2, -0.15) is 17.6 Å². The summed E-state index contributed by atoms with van der Waals surface area (Å²) in [6.45, 7) is 8.09. The molecule has 0 saturated carbocycles.